The Kier molecular flexibility index (Phi) is 4.31. The first-order chi connectivity index (χ1) is 11.3. The Hall–Kier alpha value is -1.47. The predicted octanol–water partition coefficient (Wildman–Crippen LogP) is 0.213. The fraction of sp³-hybridized carbons (Fsp3) is 0.588. The lowest BCUT2D eigenvalue weighted by Crippen LogP contribution is -2.46. The Morgan fingerprint density at radius 1 is 1.04 bits per heavy atom. The molecular formula is C17H25N5O. The minimum atomic E-state index is -0.0602. The third-order valence-electron chi connectivity index (χ3n) is 5.46. The minimum absolute atomic E-state index is 0.0438. The van der Waals surface area contributed by atoms with Gasteiger partial charge in [0.1, 0.15) is 0 Å². The molecule has 0 spiro atoms. The Morgan fingerprint density at radius 3 is 2.74 bits per heavy atom. The summed E-state index contributed by atoms with van der Waals surface area (Å²) in [6.07, 6.45) is 3.26. The van der Waals surface area contributed by atoms with E-state index in [0.717, 1.165) is 31.4 Å². The van der Waals surface area contributed by atoms with Crippen molar-refractivity contribution < 1.29 is 4.79 Å². The SMILES string of the molecule is O=C(NC1CCC2NNCC2C1)C1CNNC1c1ccccc1. The fourth-order valence-corrected chi connectivity index (χ4v) is 4.16. The third-order valence-corrected chi connectivity index (χ3v) is 5.46. The molecule has 1 aromatic rings. The van der Waals surface area contributed by atoms with Gasteiger partial charge in [-0.15, -0.1) is 0 Å². The third kappa shape index (κ3) is 3.12. The van der Waals surface area contributed by atoms with E-state index in [0.29, 0.717) is 24.5 Å². The highest BCUT2D eigenvalue weighted by molar-refractivity contribution is 5.80. The van der Waals surface area contributed by atoms with Crippen molar-refractivity contribution in [3.05, 3.63) is 35.9 Å². The maximum Gasteiger partial charge on any atom is 0.226 e. The Morgan fingerprint density at radius 2 is 1.87 bits per heavy atom. The lowest BCUT2D eigenvalue weighted by Gasteiger charge is -2.32. The molecule has 2 aliphatic heterocycles. The molecule has 23 heavy (non-hydrogen) atoms. The van der Waals surface area contributed by atoms with Gasteiger partial charge < -0.3 is 5.32 Å². The van der Waals surface area contributed by atoms with Crippen LogP contribution in [0, 0.1) is 11.8 Å². The molecule has 4 rings (SSSR count). The molecule has 5 unspecified atom stereocenters. The zero-order valence-electron chi connectivity index (χ0n) is 13.2. The monoisotopic (exact) mass is 315 g/mol. The summed E-state index contributed by atoms with van der Waals surface area (Å²) in [4.78, 5) is 12.8. The second kappa shape index (κ2) is 6.57. The predicted molar refractivity (Wildman–Crippen MR) is 88.0 cm³/mol. The number of carbonyl (C=O) groups is 1. The number of benzene rings is 1. The number of hydrogen-bond acceptors (Lipinski definition) is 5. The first kappa shape index (κ1) is 15.1. The van der Waals surface area contributed by atoms with Crippen molar-refractivity contribution in [2.45, 2.75) is 37.4 Å². The van der Waals surface area contributed by atoms with Gasteiger partial charge in [-0.05, 0) is 30.7 Å². The summed E-state index contributed by atoms with van der Waals surface area (Å²) in [6.45, 7) is 1.68. The standard InChI is InChI=1S/C17H25N5O/c23-17(20-13-6-7-15-12(8-13)9-18-21-15)14-10-19-22-16(14)11-4-2-1-3-5-11/h1-5,12-16,18-19,21-22H,6-10H2,(H,20,23). The summed E-state index contributed by atoms with van der Waals surface area (Å²) < 4.78 is 0. The first-order valence-electron chi connectivity index (χ1n) is 8.63. The number of carbonyl (C=O) groups excluding carboxylic acids is 1. The average Bonchev–Trinajstić information content (AvgIpc) is 3.24. The number of nitrogens with one attached hydrogen (secondary N) is 5. The molecule has 3 aliphatic rings. The summed E-state index contributed by atoms with van der Waals surface area (Å²) in [7, 11) is 0. The number of hydrogen-bond donors (Lipinski definition) is 5. The van der Waals surface area contributed by atoms with Crippen molar-refractivity contribution in [2.24, 2.45) is 11.8 Å². The number of amides is 1. The van der Waals surface area contributed by atoms with Crippen molar-refractivity contribution >= 4 is 5.91 Å². The van der Waals surface area contributed by atoms with Crippen LogP contribution in [0.25, 0.3) is 0 Å². The molecule has 0 radical (unpaired) electrons. The molecule has 5 atom stereocenters. The maximum absolute atomic E-state index is 12.8. The molecule has 2 saturated heterocycles. The van der Waals surface area contributed by atoms with Crippen LogP contribution in [-0.2, 0) is 4.79 Å². The van der Waals surface area contributed by atoms with Crippen LogP contribution >= 0.6 is 0 Å². The van der Waals surface area contributed by atoms with Crippen LogP contribution in [0.5, 0.6) is 0 Å². The van der Waals surface area contributed by atoms with E-state index in [1.807, 2.05) is 18.2 Å². The van der Waals surface area contributed by atoms with Crippen LogP contribution in [0.3, 0.4) is 0 Å². The van der Waals surface area contributed by atoms with Crippen LogP contribution in [0.4, 0.5) is 0 Å². The quantitative estimate of drug-likeness (QED) is 0.551. The van der Waals surface area contributed by atoms with Gasteiger partial charge in [0.15, 0.2) is 0 Å². The van der Waals surface area contributed by atoms with Gasteiger partial charge in [-0.25, -0.2) is 5.43 Å². The van der Waals surface area contributed by atoms with Crippen LogP contribution < -0.4 is 27.0 Å². The van der Waals surface area contributed by atoms with E-state index in [4.69, 9.17) is 0 Å². The van der Waals surface area contributed by atoms with E-state index in [-0.39, 0.29) is 17.9 Å². The molecule has 5 N–H and O–H groups in total. The van der Waals surface area contributed by atoms with Gasteiger partial charge in [0.2, 0.25) is 5.91 Å². The Labute approximate surface area is 136 Å². The molecule has 0 bridgehead atoms. The van der Waals surface area contributed by atoms with E-state index < -0.39 is 0 Å². The van der Waals surface area contributed by atoms with Gasteiger partial charge in [-0.1, -0.05) is 30.3 Å². The van der Waals surface area contributed by atoms with Gasteiger partial charge in [0.25, 0.3) is 0 Å². The van der Waals surface area contributed by atoms with Gasteiger partial charge in [0.05, 0.1) is 12.0 Å². The van der Waals surface area contributed by atoms with E-state index in [1.165, 1.54) is 0 Å². The van der Waals surface area contributed by atoms with Crippen molar-refractivity contribution in [3.63, 3.8) is 0 Å². The van der Waals surface area contributed by atoms with Gasteiger partial charge in [-0.2, -0.15) is 0 Å². The van der Waals surface area contributed by atoms with E-state index in [2.05, 4.69) is 39.2 Å². The highest BCUT2D eigenvalue weighted by atomic mass is 16.2. The minimum Gasteiger partial charge on any atom is -0.353 e. The van der Waals surface area contributed by atoms with E-state index in [9.17, 15) is 4.79 Å². The van der Waals surface area contributed by atoms with E-state index in [1.54, 1.807) is 0 Å². The molecule has 3 fully saturated rings. The molecule has 1 amide bonds. The summed E-state index contributed by atoms with van der Waals surface area (Å²) in [6, 6.07) is 11.1. The van der Waals surface area contributed by atoms with Crippen molar-refractivity contribution in [1.29, 1.82) is 0 Å². The van der Waals surface area contributed by atoms with Gasteiger partial charge in [0, 0.05) is 25.2 Å². The van der Waals surface area contributed by atoms with Crippen molar-refractivity contribution in [2.75, 3.05) is 13.1 Å². The van der Waals surface area contributed by atoms with Gasteiger partial charge in [-0.3, -0.25) is 21.1 Å². The zero-order valence-corrected chi connectivity index (χ0v) is 13.2. The molecule has 2 heterocycles. The topological polar surface area (TPSA) is 77.2 Å². The maximum atomic E-state index is 12.8. The largest absolute Gasteiger partial charge is 0.353 e. The normalized spacial score (nSPS) is 36.6. The molecule has 1 saturated carbocycles. The molecule has 1 aromatic carbocycles. The Bertz CT molecular complexity index is 551. The summed E-state index contributed by atoms with van der Waals surface area (Å²) in [5.74, 6) is 0.743. The molecule has 0 aromatic heterocycles. The lowest BCUT2D eigenvalue weighted by molar-refractivity contribution is -0.126. The summed E-state index contributed by atoms with van der Waals surface area (Å²) >= 11 is 0. The van der Waals surface area contributed by atoms with Crippen LogP contribution in [0.15, 0.2) is 30.3 Å². The number of fused-ring (bicyclic) bond motifs is 1. The number of hydrazine groups is 2. The summed E-state index contributed by atoms with van der Waals surface area (Å²) in [5, 5.41) is 3.30. The average molecular weight is 315 g/mol. The second-order valence-electron chi connectivity index (χ2n) is 6.93. The highest BCUT2D eigenvalue weighted by Crippen LogP contribution is 2.28. The van der Waals surface area contributed by atoms with Gasteiger partial charge >= 0.3 is 0 Å². The first-order valence-corrected chi connectivity index (χ1v) is 8.63. The molecule has 1 aliphatic carbocycles. The highest BCUT2D eigenvalue weighted by Gasteiger charge is 2.38. The lowest BCUT2D eigenvalue weighted by atomic mass is 9.82. The molecule has 124 valence electrons. The summed E-state index contributed by atoms with van der Waals surface area (Å²) in [5.41, 5.74) is 14.1. The molecular weight excluding hydrogens is 290 g/mol. The van der Waals surface area contributed by atoms with Crippen LogP contribution in [0.2, 0.25) is 0 Å². The smallest absolute Gasteiger partial charge is 0.226 e. The van der Waals surface area contributed by atoms with E-state index >= 15 is 0 Å². The Balaban J connectivity index is 1.38. The second-order valence-corrected chi connectivity index (χ2v) is 6.93. The molecule has 6 heteroatoms. The number of rotatable bonds is 3. The van der Waals surface area contributed by atoms with Crippen molar-refractivity contribution in [3.8, 4) is 0 Å². The van der Waals surface area contributed by atoms with Crippen LogP contribution in [-0.4, -0.2) is 31.1 Å². The van der Waals surface area contributed by atoms with Crippen LogP contribution in [0.1, 0.15) is 30.9 Å². The molecule has 6 nitrogen and oxygen atoms in total. The van der Waals surface area contributed by atoms with Crippen molar-refractivity contribution in [1.82, 2.24) is 27.0 Å². The zero-order chi connectivity index (χ0) is 15.6. The fourth-order valence-electron chi connectivity index (χ4n) is 4.16.